The molecule has 0 saturated heterocycles. The Morgan fingerprint density at radius 1 is 1.31 bits per heavy atom. The van der Waals surface area contributed by atoms with Gasteiger partial charge in [-0.1, -0.05) is 17.7 Å². The Morgan fingerprint density at radius 2 is 2.04 bits per heavy atom. The second-order valence-corrected chi connectivity index (χ2v) is 6.72. The summed E-state index contributed by atoms with van der Waals surface area (Å²) in [6.45, 7) is 5.98. The molecule has 0 aromatic heterocycles. The van der Waals surface area contributed by atoms with Gasteiger partial charge in [0.1, 0.15) is 5.75 Å². The molecule has 138 valence electrons. The van der Waals surface area contributed by atoms with Gasteiger partial charge < -0.3 is 9.64 Å². The normalized spacial score (nSPS) is 10.8. The highest BCUT2D eigenvalue weighted by Gasteiger charge is 2.12. The van der Waals surface area contributed by atoms with Crippen LogP contribution in [0.2, 0.25) is 5.02 Å². The molecule has 0 radical (unpaired) electrons. The van der Waals surface area contributed by atoms with Crippen molar-refractivity contribution in [2.24, 2.45) is 5.10 Å². The number of carbonyl (C=O) groups excluding carboxylic acids is 1. The molecule has 1 amide bonds. The largest absolute Gasteiger partial charge is 0.496 e. The molecule has 0 fully saturated rings. The fraction of sp³-hybridized carbons (Fsp3) is 0.263. The standard InChI is InChI=1S/C19H21BrClN3O2/c1-4-24(5-2)17-11-18(26-3)14(10-16(17)20)12-22-23-19(25)13-7-6-8-15(21)9-13/h6-12H,4-5H2,1-3H3,(H,23,25)/b22-12-. The summed E-state index contributed by atoms with van der Waals surface area (Å²) in [6.07, 6.45) is 1.55. The number of nitrogens with zero attached hydrogens (tertiary/aromatic N) is 2. The van der Waals surface area contributed by atoms with E-state index in [4.69, 9.17) is 16.3 Å². The third-order valence-electron chi connectivity index (χ3n) is 3.86. The lowest BCUT2D eigenvalue weighted by molar-refractivity contribution is 0.0955. The quantitative estimate of drug-likeness (QED) is 0.502. The van der Waals surface area contributed by atoms with Crippen molar-refractivity contribution in [3.63, 3.8) is 0 Å². The van der Waals surface area contributed by atoms with Gasteiger partial charge in [-0.2, -0.15) is 5.10 Å². The first-order chi connectivity index (χ1) is 12.5. The number of methoxy groups -OCH3 is 1. The lowest BCUT2D eigenvalue weighted by Gasteiger charge is -2.23. The fourth-order valence-electron chi connectivity index (χ4n) is 2.50. The lowest BCUT2D eigenvalue weighted by Crippen LogP contribution is -2.22. The van der Waals surface area contributed by atoms with Gasteiger partial charge in [0.15, 0.2) is 0 Å². The van der Waals surface area contributed by atoms with Gasteiger partial charge in [0.25, 0.3) is 5.91 Å². The number of benzene rings is 2. The van der Waals surface area contributed by atoms with E-state index >= 15 is 0 Å². The molecule has 26 heavy (non-hydrogen) atoms. The minimum Gasteiger partial charge on any atom is -0.496 e. The number of hydrazone groups is 1. The van der Waals surface area contributed by atoms with Crippen LogP contribution >= 0.6 is 27.5 Å². The van der Waals surface area contributed by atoms with Crippen molar-refractivity contribution in [1.82, 2.24) is 5.43 Å². The Kier molecular flexibility index (Phi) is 7.48. The van der Waals surface area contributed by atoms with Crippen LogP contribution in [-0.2, 0) is 0 Å². The molecule has 0 unspecified atom stereocenters. The monoisotopic (exact) mass is 437 g/mol. The average molecular weight is 439 g/mol. The highest BCUT2D eigenvalue weighted by Crippen LogP contribution is 2.33. The molecule has 2 aromatic rings. The van der Waals surface area contributed by atoms with Gasteiger partial charge in [0, 0.05) is 39.8 Å². The second-order valence-electron chi connectivity index (χ2n) is 5.43. The average Bonchev–Trinajstić information content (AvgIpc) is 2.64. The molecule has 2 rings (SSSR count). The zero-order valence-corrected chi connectivity index (χ0v) is 17.3. The third kappa shape index (κ3) is 4.99. The summed E-state index contributed by atoms with van der Waals surface area (Å²) in [5, 5.41) is 4.53. The molecular formula is C19H21BrClN3O2. The van der Waals surface area contributed by atoms with Crippen molar-refractivity contribution in [3.8, 4) is 5.75 Å². The van der Waals surface area contributed by atoms with Crippen LogP contribution in [0.1, 0.15) is 29.8 Å². The van der Waals surface area contributed by atoms with Gasteiger partial charge in [-0.3, -0.25) is 4.79 Å². The predicted molar refractivity (Wildman–Crippen MR) is 111 cm³/mol. The summed E-state index contributed by atoms with van der Waals surface area (Å²) < 4.78 is 6.40. The highest BCUT2D eigenvalue weighted by molar-refractivity contribution is 9.10. The lowest BCUT2D eigenvalue weighted by atomic mass is 10.2. The summed E-state index contributed by atoms with van der Waals surface area (Å²) in [4.78, 5) is 14.3. The van der Waals surface area contributed by atoms with Crippen molar-refractivity contribution in [3.05, 3.63) is 57.0 Å². The number of carbonyl (C=O) groups is 1. The molecular weight excluding hydrogens is 418 g/mol. The molecule has 5 nitrogen and oxygen atoms in total. The maximum absolute atomic E-state index is 12.1. The van der Waals surface area contributed by atoms with E-state index in [0.717, 1.165) is 28.8 Å². The van der Waals surface area contributed by atoms with E-state index < -0.39 is 0 Å². The first-order valence-electron chi connectivity index (χ1n) is 8.21. The van der Waals surface area contributed by atoms with E-state index in [1.807, 2.05) is 12.1 Å². The summed E-state index contributed by atoms with van der Waals surface area (Å²) in [5.41, 5.74) is 4.74. The molecule has 0 saturated carbocycles. The number of halogens is 2. The smallest absolute Gasteiger partial charge is 0.271 e. The number of nitrogens with one attached hydrogen (secondary N) is 1. The van der Waals surface area contributed by atoms with Gasteiger partial charge in [-0.05, 0) is 54.0 Å². The van der Waals surface area contributed by atoms with Gasteiger partial charge in [0.05, 0.1) is 19.0 Å². The fourth-order valence-corrected chi connectivity index (χ4v) is 3.30. The number of rotatable bonds is 7. The zero-order valence-electron chi connectivity index (χ0n) is 14.9. The molecule has 1 N–H and O–H groups in total. The Hall–Kier alpha value is -2.05. The van der Waals surface area contributed by atoms with Crippen molar-refractivity contribution in [1.29, 1.82) is 0 Å². The molecule has 0 aliphatic heterocycles. The van der Waals surface area contributed by atoms with E-state index in [1.54, 1.807) is 37.6 Å². The SMILES string of the molecule is CCN(CC)c1cc(OC)c(/C=N\NC(=O)c2cccc(Cl)c2)cc1Br. The van der Waals surface area contributed by atoms with Crippen molar-refractivity contribution < 1.29 is 9.53 Å². The molecule has 7 heteroatoms. The molecule has 0 heterocycles. The number of hydrogen-bond donors (Lipinski definition) is 1. The van der Waals surface area contributed by atoms with E-state index in [2.05, 4.69) is 45.2 Å². The van der Waals surface area contributed by atoms with E-state index in [0.29, 0.717) is 16.3 Å². The van der Waals surface area contributed by atoms with Crippen molar-refractivity contribution in [2.45, 2.75) is 13.8 Å². The third-order valence-corrected chi connectivity index (χ3v) is 4.73. The Labute approximate surface area is 167 Å². The van der Waals surface area contributed by atoms with E-state index in [-0.39, 0.29) is 5.91 Å². The minimum atomic E-state index is -0.332. The van der Waals surface area contributed by atoms with Crippen LogP contribution in [0.25, 0.3) is 0 Å². The molecule has 0 bridgehead atoms. The van der Waals surface area contributed by atoms with Gasteiger partial charge in [0.2, 0.25) is 0 Å². The Balaban J connectivity index is 2.19. The summed E-state index contributed by atoms with van der Waals surface area (Å²) in [7, 11) is 1.61. The second kappa shape index (κ2) is 9.59. The molecule has 0 aliphatic carbocycles. The van der Waals surface area contributed by atoms with Crippen molar-refractivity contribution in [2.75, 3.05) is 25.1 Å². The topological polar surface area (TPSA) is 53.9 Å². The maximum Gasteiger partial charge on any atom is 0.271 e. The molecule has 0 atom stereocenters. The molecule has 0 aliphatic rings. The van der Waals surface area contributed by atoms with E-state index in [1.165, 1.54) is 0 Å². The number of amides is 1. The number of anilines is 1. The van der Waals surface area contributed by atoms with Crippen LogP contribution in [0.4, 0.5) is 5.69 Å². The predicted octanol–water partition coefficient (Wildman–Crippen LogP) is 4.72. The van der Waals surface area contributed by atoms with Crippen LogP contribution in [0.15, 0.2) is 46.0 Å². The van der Waals surface area contributed by atoms with Crippen LogP contribution in [0.5, 0.6) is 5.75 Å². The van der Waals surface area contributed by atoms with Gasteiger partial charge in [-0.25, -0.2) is 5.43 Å². The maximum atomic E-state index is 12.1. The van der Waals surface area contributed by atoms with Crippen molar-refractivity contribution >= 4 is 45.3 Å². The van der Waals surface area contributed by atoms with E-state index in [9.17, 15) is 4.79 Å². The first-order valence-corrected chi connectivity index (χ1v) is 9.38. The number of hydrogen-bond acceptors (Lipinski definition) is 4. The van der Waals surface area contributed by atoms with Crippen LogP contribution in [-0.4, -0.2) is 32.3 Å². The van der Waals surface area contributed by atoms with Crippen LogP contribution in [0.3, 0.4) is 0 Å². The van der Waals surface area contributed by atoms with Crippen LogP contribution in [0, 0.1) is 0 Å². The summed E-state index contributed by atoms with van der Waals surface area (Å²) in [6, 6.07) is 10.6. The Bertz CT molecular complexity index is 807. The summed E-state index contributed by atoms with van der Waals surface area (Å²) >= 11 is 9.49. The van der Waals surface area contributed by atoms with Gasteiger partial charge in [-0.15, -0.1) is 0 Å². The first kappa shape index (κ1) is 20.3. The highest BCUT2D eigenvalue weighted by atomic mass is 79.9. The molecule has 2 aromatic carbocycles. The summed E-state index contributed by atoms with van der Waals surface area (Å²) in [5.74, 6) is 0.345. The zero-order chi connectivity index (χ0) is 19.1. The number of ether oxygens (including phenoxy) is 1. The minimum absolute atomic E-state index is 0.332. The van der Waals surface area contributed by atoms with Gasteiger partial charge >= 0.3 is 0 Å². The Morgan fingerprint density at radius 3 is 2.65 bits per heavy atom. The van der Waals surface area contributed by atoms with Crippen LogP contribution < -0.4 is 15.1 Å². The molecule has 0 spiro atoms.